The standard InChI is InChI=1S/C15H18N2O2S2/c1-11-8-17(6-7-19-11)14(18)10-21-15-16-13-5-3-2-4-12(13)9-20-15/h2-5,11H,6-10H2,1H3. The number of ether oxygens (including phenoxy) is 1. The molecule has 2 heterocycles. The van der Waals surface area contributed by atoms with Crippen LogP contribution < -0.4 is 0 Å². The van der Waals surface area contributed by atoms with Gasteiger partial charge in [-0.05, 0) is 18.6 Å². The molecule has 0 radical (unpaired) electrons. The molecule has 3 rings (SSSR count). The van der Waals surface area contributed by atoms with Crippen molar-refractivity contribution in [3.8, 4) is 0 Å². The highest BCUT2D eigenvalue weighted by atomic mass is 32.2. The minimum atomic E-state index is 0.140. The van der Waals surface area contributed by atoms with Gasteiger partial charge < -0.3 is 9.64 Å². The van der Waals surface area contributed by atoms with Crippen LogP contribution in [0.5, 0.6) is 0 Å². The molecule has 112 valence electrons. The Morgan fingerprint density at radius 1 is 1.52 bits per heavy atom. The lowest BCUT2D eigenvalue weighted by molar-refractivity contribution is -0.135. The third-order valence-electron chi connectivity index (χ3n) is 3.47. The second-order valence-corrected chi connectivity index (χ2v) is 7.29. The van der Waals surface area contributed by atoms with E-state index in [0.29, 0.717) is 25.4 Å². The van der Waals surface area contributed by atoms with Crippen molar-refractivity contribution in [2.45, 2.75) is 18.8 Å². The summed E-state index contributed by atoms with van der Waals surface area (Å²) in [6, 6.07) is 8.17. The summed E-state index contributed by atoms with van der Waals surface area (Å²) in [6.45, 7) is 4.04. The van der Waals surface area contributed by atoms with Crippen molar-refractivity contribution in [2.24, 2.45) is 4.99 Å². The molecule has 0 saturated carbocycles. The molecule has 1 amide bonds. The minimum absolute atomic E-state index is 0.140. The highest BCUT2D eigenvalue weighted by Crippen LogP contribution is 2.34. The second kappa shape index (κ2) is 6.85. The monoisotopic (exact) mass is 322 g/mol. The fourth-order valence-corrected chi connectivity index (χ4v) is 4.31. The van der Waals surface area contributed by atoms with E-state index in [2.05, 4.69) is 11.1 Å². The Morgan fingerprint density at radius 2 is 2.38 bits per heavy atom. The molecule has 0 aromatic heterocycles. The number of thioether (sulfide) groups is 2. The fraction of sp³-hybridized carbons (Fsp3) is 0.467. The zero-order valence-electron chi connectivity index (χ0n) is 11.9. The average Bonchev–Trinajstić information content (AvgIpc) is 2.52. The number of morpholine rings is 1. The Kier molecular flexibility index (Phi) is 4.87. The molecule has 0 bridgehead atoms. The quantitative estimate of drug-likeness (QED) is 0.839. The van der Waals surface area contributed by atoms with E-state index >= 15 is 0 Å². The van der Waals surface area contributed by atoms with Gasteiger partial charge in [0.15, 0.2) is 0 Å². The molecule has 1 aromatic carbocycles. The van der Waals surface area contributed by atoms with Gasteiger partial charge in [-0.15, -0.1) is 0 Å². The number of fused-ring (bicyclic) bond motifs is 1. The van der Waals surface area contributed by atoms with E-state index in [1.54, 1.807) is 23.5 Å². The third kappa shape index (κ3) is 3.81. The number of para-hydroxylation sites is 1. The summed E-state index contributed by atoms with van der Waals surface area (Å²) in [5.74, 6) is 1.57. The van der Waals surface area contributed by atoms with Crippen molar-refractivity contribution in [3.05, 3.63) is 29.8 Å². The molecule has 2 aliphatic heterocycles. The molecule has 1 fully saturated rings. The maximum Gasteiger partial charge on any atom is 0.233 e. The number of aliphatic imine (C=N–C) groups is 1. The number of carbonyl (C=O) groups excluding carboxylic acids is 1. The number of amides is 1. The first-order valence-electron chi connectivity index (χ1n) is 7.04. The van der Waals surface area contributed by atoms with Gasteiger partial charge in [-0.25, -0.2) is 4.99 Å². The highest BCUT2D eigenvalue weighted by Gasteiger charge is 2.22. The SMILES string of the molecule is CC1CN(C(=O)CSC2=Nc3ccccc3CS2)CCO1. The van der Waals surface area contributed by atoms with Gasteiger partial charge in [0.2, 0.25) is 5.91 Å². The van der Waals surface area contributed by atoms with Crippen LogP contribution in [0.4, 0.5) is 5.69 Å². The minimum Gasteiger partial charge on any atom is -0.375 e. The Labute approximate surface area is 133 Å². The van der Waals surface area contributed by atoms with Crippen molar-refractivity contribution in [2.75, 3.05) is 25.4 Å². The van der Waals surface area contributed by atoms with Crippen LogP contribution in [0.2, 0.25) is 0 Å². The van der Waals surface area contributed by atoms with E-state index < -0.39 is 0 Å². The van der Waals surface area contributed by atoms with Crippen molar-refractivity contribution in [1.29, 1.82) is 0 Å². The maximum atomic E-state index is 12.2. The number of carbonyl (C=O) groups is 1. The highest BCUT2D eigenvalue weighted by molar-refractivity contribution is 8.38. The molecule has 2 aliphatic rings. The Bertz CT molecular complexity index is 562. The van der Waals surface area contributed by atoms with Gasteiger partial charge in [0.05, 0.1) is 24.2 Å². The van der Waals surface area contributed by atoms with Crippen molar-refractivity contribution in [1.82, 2.24) is 4.90 Å². The number of hydrogen-bond donors (Lipinski definition) is 0. The molecule has 6 heteroatoms. The van der Waals surface area contributed by atoms with Gasteiger partial charge >= 0.3 is 0 Å². The van der Waals surface area contributed by atoms with Crippen molar-refractivity contribution < 1.29 is 9.53 Å². The number of rotatable bonds is 2. The molecule has 21 heavy (non-hydrogen) atoms. The summed E-state index contributed by atoms with van der Waals surface area (Å²) in [4.78, 5) is 18.7. The van der Waals surface area contributed by atoms with E-state index in [4.69, 9.17) is 4.74 Å². The Hall–Kier alpha value is -0.980. The largest absolute Gasteiger partial charge is 0.375 e. The van der Waals surface area contributed by atoms with Crippen molar-refractivity contribution in [3.63, 3.8) is 0 Å². The lowest BCUT2D eigenvalue weighted by Crippen LogP contribution is -2.45. The topological polar surface area (TPSA) is 41.9 Å². The van der Waals surface area contributed by atoms with Crippen LogP contribution in [0.1, 0.15) is 12.5 Å². The molecule has 1 saturated heterocycles. The summed E-state index contributed by atoms with van der Waals surface area (Å²) < 4.78 is 6.45. The lowest BCUT2D eigenvalue weighted by Gasteiger charge is -2.31. The van der Waals surface area contributed by atoms with Crippen LogP contribution >= 0.6 is 23.5 Å². The zero-order chi connectivity index (χ0) is 14.7. The average molecular weight is 322 g/mol. The fourth-order valence-electron chi connectivity index (χ4n) is 2.35. The second-order valence-electron chi connectivity index (χ2n) is 5.10. The molecule has 1 unspecified atom stereocenters. The normalized spacial score (nSPS) is 21.7. The first-order valence-corrected chi connectivity index (χ1v) is 9.01. The van der Waals surface area contributed by atoms with Crippen molar-refractivity contribution >= 4 is 39.5 Å². The first kappa shape index (κ1) is 14.9. The molecule has 4 nitrogen and oxygen atoms in total. The third-order valence-corrected chi connectivity index (χ3v) is 5.70. The Balaban J connectivity index is 1.56. The molecule has 1 aromatic rings. The Morgan fingerprint density at radius 3 is 3.24 bits per heavy atom. The number of benzene rings is 1. The van der Waals surface area contributed by atoms with Gasteiger partial charge in [-0.3, -0.25) is 4.79 Å². The predicted molar refractivity (Wildman–Crippen MR) is 89.3 cm³/mol. The molecule has 0 aliphatic carbocycles. The predicted octanol–water partition coefficient (Wildman–Crippen LogP) is 2.90. The molecule has 0 spiro atoms. The molecular weight excluding hydrogens is 304 g/mol. The summed E-state index contributed by atoms with van der Waals surface area (Å²) in [7, 11) is 0. The van der Waals surface area contributed by atoms with Crippen LogP contribution in [0.25, 0.3) is 0 Å². The smallest absolute Gasteiger partial charge is 0.233 e. The van der Waals surface area contributed by atoms with Gasteiger partial charge in [0, 0.05) is 18.8 Å². The zero-order valence-corrected chi connectivity index (χ0v) is 13.6. The lowest BCUT2D eigenvalue weighted by atomic mass is 10.2. The van der Waals surface area contributed by atoms with Crippen LogP contribution in [-0.4, -0.2) is 46.7 Å². The maximum absolute atomic E-state index is 12.2. The molecule has 0 N–H and O–H groups in total. The van der Waals surface area contributed by atoms with Crippen LogP contribution in [0, 0.1) is 0 Å². The number of hydrogen-bond acceptors (Lipinski definition) is 5. The summed E-state index contributed by atoms with van der Waals surface area (Å²) in [5, 5.41) is 0. The van der Waals surface area contributed by atoms with Crippen LogP contribution in [0.15, 0.2) is 29.3 Å². The number of nitrogens with zero attached hydrogens (tertiary/aromatic N) is 2. The first-order chi connectivity index (χ1) is 10.2. The van der Waals surface area contributed by atoms with E-state index in [1.165, 1.54) is 5.56 Å². The van der Waals surface area contributed by atoms with Gasteiger partial charge in [0.25, 0.3) is 0 Å². The molecule has 1 atom stereocenters. The summed E-state index contributed by atoms with van der Waals surface area (Å²) in [5.41, 5.74) is 2.30. The van der Waals surface area contributed by atoms with Crippen LogP contribution in [0.3, 0.4) is 0 Å². The van der Waals surface area contributed by atoms with Crippen LogP contribution in [-0.2, 0) is 15.3 Å². The van der Waals surface area contributed by atoms with E-state index in [0.717, 1.165) is 15.8 Å². The van der Waals surface area contributed by atoms with Gasteiger partial charge in [0.1, 0.15) is 4.38 Å². The molecular formula is C15H18N2O2S2. The van der Waals surface area contributed by atoms with E-state index in [-0.39, 0.29) is 12.0 Å². The summed E-state index contributed by atoms with van der Waals surface area (Å²) in [6.07, 6.45) is 0.140. The van der Waals surface area contributed by atoms with E-state index in [1.807, 2.05) is 30.0 Å². The van der Waals surface area contributed by atoms with E-state index in [9.17, 15) is 4.79 Å². The van der Waals surface area contributed by atoms with Gasteiger partial charge in [-0.2, -0.15) is 0 Å². The summed E-state index contributed by atoms with van der Waals surface area (Å²) >= 11 is 3.26. The van der Waals surface area contributed by atoms with Gasteiger partial charge in [-0.1, -0.05) is 41.7 Å².